The number of amides is 1. The van der Waals surface area contributed by atoms with E-state index in [1.807, 2.05) is 29.6 Å². The Kier molecular flexibility index (Phi) is 5.54. The molecule has 24 heavy (non-hydrogen) atoms. The Hall–Kier alpha value is -1.43. The molecule has 0 bridgehead atoms. The zero-order valence-electron chi connectivity index (χ0n) is 13.4. The molecule has 4 rings (SSSR count). The summed E-state index contributed by atoms with van der Waals surface area (Å²) in [5.41, 5.74) is 1.94. The monoisotopic (exact) mass is 363 g/mol. The van der Waals surface area contributed by atoms with Gasteiger partial charge in [0.15, 0.2) is 0 Å². The van der Waals surface area contributed by atoms with Crippen LogP contribution in [0.25, 0.3) is 10.6 Å². The van der Waals surface area contributed by atoms with Crippen LogP contribution in [-0.2, 0) is 4.79 Å². The maximum Gasteiger partial charge on any atom is 0.241 e. The number of hydrogen-bond acceptors (Lipinski definition) is 4. The number of carbonyl (C=O) groups excluding carboxylic acids is 1. The van der Waals surface area contributed by atoms with Crippen molar-refractivity contribution in [3.8, 4) is 10.6 Å². The van der Waals surface area contributed by atoms with Gasteiger partial charge in [0.2, 0.25) is 5.91 Å². The van der Waals surface area contributed by atoms with Crippen LogP contribution in [0.2, 0.25) is 0 Å². The number of halogens is 1. The average Bonchev–Trinajstić information content (AvgIpc) is 3.25. The Morgan fingerprint density at radius 1 is 1.21 bits per heavy atom. The zero-order valence-corrected chi connectivity index (χ0v) is 15.0. The molecule has 0 radical (unpaired) electrons. The molecule has 6 heteroatoms. The Morgan fingerprint density at radius 3 is 2.71 bits per heavy atom. The van der Waals surface area contributed by atoms with Gasteiger partial charge in [-0.05, 0) is 49.4 Å². The summed E-state index contributed by atoms with van der Waals surface area (Å²) in [5, 5.41) is 9.55. The lowest BCUT2D eigenvalue weighted by Crippen LogP contribution is -2.39. The number of aromatic nitrogens is 1. The highest BCUT2D eigenvalue weighted by Crippen LogP contribution is 2.33. The summed E-state index contributed by atoms with van der Waals surface area (Å²) in [5.74, 6) is 0.785. The number of nitrogens with one attached hydrogen (secondary N) is 2. The molecule has 0 spiro atoms. The quantitative estimate of drug-likeness (QED) is 0.863. The van der Waals surface area contributed by atoms with E-state index in [0.29, 0.717) is 12.0 Å². The van der Waals surface area contributed by atoms with Crippen molar-refractivity contribution in [1.29, 1.82) is 0 Å². The van der Waals surface area contributed by atoms with Crippen LogP contribution in [0.4, 0.5) is 5.69 Å². The van der Waals surface area contributed by atoms with Gasteiger partial charge in [0.05, 0.1) is 6.04 Å². The smallest absolute Gasteiger partial charge is 0.241 e. The van der Waals surface area contributed by atoms with Crippen molar-refractivity contribution in [2.75, 3.05) is 5.32 Å². The molecule has 1 saturated carbocycles. The molecule has 1 aliphatic carbocycles. The van der Waals surface area contributed by atoms with E-state index in [1.165, 1.54) is 25.7 Å². The number of nitrogens with zero attached hydrogens (tertiary/aromatic N) is 1. The summed E-state index contributed by atoms with van der Waals surface area (Å²) in [6.07, 6.45) is 7.88. The van der Waals surface area contributed by atoms with E-state index in [-0.39, 0.29) is 24.4 Å². The topological polar surface area (TPSA) is 54.0 Å². The van der Waals surface area contributed by atoms with Crippen molar-refractivity contribution >= 4 is 35.3 Å². The predicted molar refractivity (Wildman–Crippen MR) is 101 cm³/mol. The molecule has 1 aromatic carbocycles. The zero-order chi connectivity index (χ0) is 15.6. The van der Waals surface area contributed by atoms with Crippen molar-refractivity contribution in [2.24, 2.45) is 5.92 Å². The SMILES string of the molecule is Cl.O=C(Nc1ccc(-c2nccs2)cc1)C1CC2CCCCC2N1. The lowest BCUT2D eigenvalue weighted by molar-refractivity contribution is -0.117. The summed E-state index contributed by atoms with van der Waals surface area (Å²) >= 11 is 1.62. The molecule has 1 aromatic heterocycles. The van der Waals surface area contributed by atoms with Crippen molar-refractivity contribution in [2.45, 2.75) is 44.2 Å². The first-order chi connectivity index (χ1) is 11.3. The van der Waals surface area contributed by atoms with Crippen molar-refractivity contribution in [1.82, 2.24) is 10.3 Å². The van der Waals surface area contributed by atoms with Crippen LogP contribution < -0.4 is 10.6 Å². The molecule has 4 nitrogen and oxygen atoms in total. The van der Waals surface area contributed by atoms with Crippen LogP contribution in [0.5, 0.6) is 0 Å². The van der Waals surface area contributed by atoms with Crippen LogP contribution in [0.15, 0.2) is 35.8 Å². The van der Waals surface area contributed by atoms with E-state index in [9.17, 15) is 4.79 Å². The van der Waals surface area contributed by atoms with Gasteiger partial charge in [-0.2, -0.15) is 0 Å². The third-order valence-electron chi connectivity index (χ3n) is 5.01. The van der Waals surface area contributed by atoms with Gasteiger partial charge < -0.3 is 10.6 Å². The Balaban J connectivity index is 0.00000169. The van der Waals surface area contributed by atoms with E-state index in [1.54, 1.807) is 17.5 Å². The number of thiazole rings is 1. The molecular formula is C18H22ClN3OS. The number of hydrogen-bond donors (Lipinski definition) is 2. The van der Waals surface area contributed by atoms with Gasteiger partial charge in [-0.25, -0.2) is 4.98 Å². The van der Waals surface area contributed by atoms with E-state index in [0.717, 1.165) is 22.7 Å². The van der Waals surface area contributed by atoms with E-state index in [4.69, 9.17) is 0 Å². The number of benzene rings is 1. The lowest BCUT2D eigenvalue weighted by Gasteiger charge is -2.24. The standard InChI is InChI=1S/C18H21N3OS.ClH/c22-17(16-11-13-3-1-2-4-15(13)21-16)20-14-7-5-12(6-8-14)18-19-9-10-23-18;/h5-10,13,15-16,21H,1-4,11H2,(H,20,22);1H. The molecule has 3 unspecified atom stereocenters. The number of carbonyl (C=O) groups is 1. The fourth-order valence-corrected chi connectivity index (χ4v) is 4.46. The molecule has 2 heterocycles. The van der Waals surface area contributed by atoms with E-state index in [2.05, 4.69) is 15.6 Å². The average molecular weight is 364 g/mol. The summed E-state index contributed by atoms with van der Waals surface area (Å²) in [7, 11) is 0. The van der Waals surface area contributed by atoms with E-state index >= 15 is 0 Å². The van der Waals surface area contributed by atoms with Gasteiger partial charge >= 0.3 is 0 Å². The highest BCUT2D eigenvalue weighted by atomic mass is 35.5. The second-order valence-corrected chi connectivity index (χ2v) is 7.40. The van der Waals surface area contributed by atoms with Crippen LogP contribution in [0.3, 0.4) is 0 Å². The first-order valence-corrected chi connectivity index (χ1v) is 9.24. The number of anilines is 1. The minimum absolute atomic E-state index is 0. The van der Waals surface area contributed by atoms with Gasteiger partial charge in [0.25, 0.3) is 0 Å². The van der Waals surface area contributed by atoms with Gasteiger partial charge in [-0.3, -0.25) is 4.79 Å². The Bertz CT molecular complexity index is 660. The largest absolute Gasteiger partial charge is 0.325 e. The highest BCUT2D eigenvalue weighted by Gasteiger charge is 2.38. The molecule has 1 saturated heterocycles. The molecule has 3 atom stereocenters. The fourth-order valence-electron chi connectivity index (χ4n) is 3.81. The van der Waals surface area contributed by atoms with Gasteiger partial charge in [0, 0.05) is 28.9 Å². The summed E-state index contributed by atoms with van der Waals surface area (Å²) in [4.78, 5) is 16.8. The fraction of sp³-hybridized carbons (Fsp3) is 0.444. The third kappa shape index (κ3) is 3.63. The second-order valence-electron chi connectivity index (χ2n) is 6.51. The number of fused-ring (bicyclic) bond motifs is 1. The maximum absolute atomic E-state index is 12.5. The molecule has 2 aliphatic rings. The van der Waals surface area contributed by atoms with Crippen molar-refractivity contribution in [3.63, 3.8) is 0 Å². The first-order valence-electron chi connectivity index (χ1n) is 8.36. The van der Waals surface area contributed by atoms with Gasteiger partial charge in [-0.15, -0.1) is 23.7 Å². The number of rotatable bonds is 3. The molecule has 1 amide bonds. The second kappa shape index (κ2) is 7.64. The van der Waals surface area contributed by atoms with Crippen LogP contribution in [0, 0.1) is 5.92 Å². The highest BCUT2D eigenvalue weighted by molar-refractivity contribution is 7.13. The van der Waals surface area contributed by atoms with Crippen molar-refractivity contribution in [3.05, 3.63) is 35.8 Å². The minimum atomic E-state index is -0.0401. The van der Waals surface area contributed by atoms with Crippen LogP contribution >= 0.6 is 23.7 Å². The molecule has 2 N–H and O–H groups in total. The van der Waals surface area contributed by atoms with Crippen LogP contribution in [0.1, 0.15) is 32.1 Å². The van der Waals surface area contributed by atoms with Crippen LogP contribution in [-0.4, -0.2) is 23.0 Å². The summed E-state index contributed by atoms with van der Waals surface area (Å²) in [6.45, 7) is 0. The van der Waals surface area contributed by atoms with Gasteiger partial charge in [-0.1, -0.05) is 12.8 Å². The predicted octanol–water partition coefficient (Wildman–Crippen LogP) is 4.09. The third-order valence-corrected chi connectivity index (χ3v) is 5.83. The van der Waals surface area contributed by atoms with Gasteiger partial charge in [0.1, 0.15) is 5.01 Å². The molecule has 2 aromatic rings. The molecule has 1 aliphatic heterocycles. The summed E-state index contributed by atoms with van der Waals surface area (Å²) < 4.78 is 0. The lowest BCUT2D eigenvalue weighted by atomic mass is 9.85. The Labute approximate surface area is 152 Å². The molecule has 2 fully saturated rings. The first kappa shape index (κ1) is 17.4. The minimum Gasteiger partial charge on any atom is -0.325 e. The summed E-state index contributed by atoms with van der Waals surface area (Å²) in [6, 6.07) is 8.44. The normalized spacial score (nSPS) is 25.6. The molecular weight excluding hydrogens is 342 g/mol. The van der Waals surface area contributed by atoms with Crippen molar-refractivity contribution < 1.29 is 4.79 Å². The molecule has 128 valence electrons. The maximum atomic E-state index is 12.5. The van der Waals surface area contributed by atoms with E-state index < -0.39 is 0 Å². The Morgan fingerprint density at radius 2 is 2.00 bits per heavy atom.